The predicted molar refractivity (Wildman–Crippen MR) is 83.2 cm³/mol. The van der Waals surface area contributed by atoms with E-state index in [9.17, 15) is 0 Å². The lowest BCUT2D eigenvalue weighted by atomic mass is 9.87. The molecule has 1 unspecified atom stereocenters. The Morgan fingerprint density at radius 1 is 1.27 bits per heavy atom. The topological polar surface area (TPSA) is 58.9 Å². The Labute approximate surface area is 130 Å². The van der Waals surface area contributed by atoms with Crippen molar-refractivity contribution in [2.75, 3.05) is 26.2 Å². The first-order chi connectivity index (χ1) is 10.8. The summed E-state index contributed by atoms with van der Waals surface area (Å²) in [4.78, 5) is 6.66. The van der Waals surface area contributed by atoms with Gasteiger partial charge in [-0.05, 0) is 43.0 Å². The van der Waals surface area contributed by atoms with E-state index < -0.39 is 0 Å². The highest BCUT2D eigenvalue weighted by molar-refractivity contribution is 5.09. The predicted octanol–water partition coefficient (Wildman–Crippen LogP) is 0.907. The second-order valence-electron chi connectivity index (χ2n) is 6.66. The highest BCUT2D eigenvalue weighted by atomic mass is 15.4. The van der Waals surface area contributed by atoms with Crippen molar-refractivity contribution < 1.29 is 0 Å². The number of nitrogens with zero attached hydrogens (tertiary/aromatic N) is 5. The summed E-state index contributed by atoms with van der Waals surface area (Å²) in [6.07, 6.45) is 8.35. The van der Waals surface area contributed by atoms with Gasteiger partial charge in [0.1, 0.15) is 0 Å². The third kappa shape index (κ3) is 2.89. The molecule has 0 saturated carbocycles. The minimum Gasteiger partial charge on any atom is -0.316 e. The van der Waals surface area contributed by atoms with Gasteiger partial charge in [0.05, 0.1) is 18.4 Å². The van der Waals surface area contributed by atoms with Crippen molar-refractivity contribution in [3.63, 3.8) is 0 Å². The van der Waals surface area contributed by atoms with Gasteiger partial charge in [0.25, 0.3) is 0 Å². The zero-order chi connectivity index (χ0) is 14.8. The standard InChI is InChI=1S/C16H22N6/c1-2-14(8-17-5-1)9-22-11-15(19-20-22)10-21-7-4-16(13-21)3-6-18-12-16/h1-2,5,8,11,18H,3-4,6-7,9-10,12-13H2. The average molecular weight is 298 g/mol. The summed E-state index contributed by atoms with van der Waals surface area (Å²) >= 11 is 0. The molecule has 22 heavy (non-hydrogen) atoms. The van der Waals surface area contributed by atoms with Crippen LogP contribution in [0.2, 0.25) is 0 Å². The van der Waals surface area contributed by atoms with E-state index in [2.05, 4.69) is 37.8 Å². The summed E-state index contributed by atoms with van der Waals surface area (Å²) < 4.78 is 1.90. The van der Waals surface area contributed by atoms with Crippen LogP contribution in [0.1, 0.15) is 24.1 Å². The molecule has 2 aliphatic heterocycles. The first-order valence-corrected chi connectivity index (χ1v) is 8.02. The Bertz CT molecular complexity index is 617. The summed E-state index contributed by atoms with van der Waals surface area (Å²) in [7, 11) is 0. The maximum atomic E-state index is 4.33. The van der Waals surface area contributed by atoms with Crippen molar-refractivity contribution in [1.82, 2.24) is 30.2 Å². The Morgan fingerprint density at radius 2 is 2.27 bits per heavy atom. The van der Waals surface area contributed by atoms with Crippen LogP contribution in [0.25, 0.3) is 0 Å². The molecule has 2 aromatic rings. The third-order valence-electron chi connectivity index (χ3n) is 4.89. The number of rotatable bonds is 4. The second-order valence-corrected chi connectivity index (χ2v) is 6.66. The molecular weight excluding hydrogens is 276 g/mol. The average Bonchev–Trinajstić information content (AvgIpc) is 3.25. The number of nitrogens with one attached hydrogen (secondary N) is 1. The molecule has 1 atom stereocenters. The van der Waals surface area contributed by atoms with Gasteiger partial charge in [0, 0.05) is 32.0 Å². The van der Waals surface area contributed by atoms with Crippen LogP contribution in [0, 0.1) is 5.41 Å². The van der Waals surface area contributed by atoms with Crippen LogP contribution in [-0.2, 0) is 13.1 Å². The molecule has 2 aromatic heterocycles. The van der Waals surface area contributed by atoms with Gasteiger partial charge >= 0.3 is 0 Å². The molecule has 0 bridgehead atoms. The van der Waals surface area contributed by atoms with E-state index in [1.54, 1.807) is 6.20 Å². The van der Waals surface area contributed by atoms with E-state index in [1.807, 2.05) is 16.9 Å². The summed E-state index contributed by atoms with van der Waals surface area (Å²) in [6, 6.07) is 4.01. The molecule has 6 nitrogen and oxygen atoms in total. The number of hydrogen-bond acceptors (Lipinski definition) is 5. The lowest BCUT2D eigenvalue weighted by molar-refractivity contribution is 0.266. The first-order valence-electron chi connectivity index (χ1n) is 8.02. The van der Waals surface area contributed by atoms with Gasteiger partial charge in [-0.1, -0.05) is 11.3 Å². The normalized spacial score (nSPS) is 25.3. The van der Waals surface area contributed by atoms with Crippen LogP contribution in [-0.4, -0.2) is 51.1 Å². The van der Waals surface area contributed by atoms with E-state index in [4.69, 9.17) is 0 Å². The van der Waals surface area contributed by atoms with Crippen molar-refractivity contribution in [2.24, 2.45) is 5.41 Å². The van der Waals surface area contributed by atoms with Crippen LogP contribution in [0.4, 0.5) is 0 Å². The molecule has 2 aliphatic rings. The third-order valence-corrected chi connectivity index (χ3v) is 4.89. The molecule has 116 valence electrons. The second kappa shape index (κ2) is 5.78. The Morgan fingerprint density at radius 3 is 3.09 bits per heavy atom. The number of likely N-dealkylation sites (tertiary alicyclic amines) is 1. The van der Waals surface area contributed by atoms with Crippen LogP contribution >= 0.6 is 0 Å². The molecule has 4 heterocycles. The molecule has 0 radical (unpaired) electrons. The van der Waals surface area contributed by atoms with Crippen molar-refractivity contribution in [3.8, 4) is 0 Å². The van der Waals surface area contributed by atoms with E-state index in [1.165, 1.54) is 39.0 Å². The molecule has 1 spiro atoms. The van der Waals surface area contributed by atoms with Gasteiger partial charge in [0.2, 0.25) is 0 Å². The summed E-state index contributed by atoms with van der Waals surface area (Å²) in [6.45, 7) is 6.36. The molecule has 2 saturated heterocycles. The van der Waals surface area contributed by atoms with Crippen LogP contribution in [0.3, 0.4) is 0 Å². The smallest absolute Gasteiger partial charge is 0.0967 e. The quantitative estimate of drug-likeness (QED) is 0.909. The highest BCUT2D eigenvalue weighted by Crippen LogP contribution is 2.36. The maximum absolute atomic E-state index is 4.33. The molecule has 6 heteroatoms. The monoisotopic (exact) mass is 298 g/mol. The van der Waals surface area contributed by atoms with Gasteiger partial charge < -0.3 is 5.32 Å². The highest BCUT2D eigenvalue weighted by Gasteiger charge is 2.40. The minimum absolute atomic E-state index is 0.520. The summed E-state index contributed by atoms with van der Waals surface area (Å²) in [5.74, 6) is 0. The fourth-order valence-electron chi connectivity index (χ4n) is 3.70. The van der Waals surface area contributed by atoms with Crippen LogP contribution < -0.4 is 5.32 Å². The zero-order valence-corrected chi connectivity index (χ0v) is 12.8. The lowest BCUT2D eigenvalue weighted by Crippen LogP contribution is -2.29. The molecular formula is C16H22N6. The zero-order valence-electron chi connectivity index (χ0n) is 12.8. The van der Waals surface area contributed by atoms with Crippen LogP contribution in [0.5, 0.6) is 0 Å². The molecule has 0 amide bonds. The van der Waals surface area contributed by atoms with Crippen molar-refractivity contribution in [2.45, 2.75) is 25.9 Å². The van der Waals surface area contributed by atoms with Gasteiger partial charge in [-0.25, -0.2) is 4.68 Å². The molecule has 0 aromatic carbocycles. The molecule has 1 N–H and O–H groups in total. The fourth-order valence-corrected chi connectivity index (χ4v) is 3.70. The Kier molecular flexibility index (Phi) is 3.63. The van der Waals surface area contributed by atoms with E-state index in [0.717, 1.165) is 24.3 Å². The molecule has 2 fully saturated rings. The van der Waals surface area contributed by atoms with Crippen molar-refractivity contribution in [3.05, 3.63) is 42.0 Å². The van der Waals surface area contributed by atoms with E-state index in [-0.39, 0.29) is 0 Å². The minimum atomic E-state index is 0.520. The fraction of sp³-hybridized carbons (Fsp3) is 0.562. The van der Waals surface area contributed by atoms with Gasteiger partial charge in [-0.3, -0.25) is 9.88 Å². The Balaban J connectivity index is 1.36. The largest absolute Gasteiger partial charge is 0.316 e. The SMILES string of the molecule is c1cncc(Cn2cc(CN3CCC4(CCNC4)C3)nn2)c1. The van der Waals surface area contributed by atoms with Gasteiger partial charge in [-0.15, -0.1) is 5.10 Å². The molecule has 4 rings (SSSR count). The first kappa shape index (κ1) is 13.8. The van der Waals surface area contributed by atoms with Crippen molar-refractivity contribution >= 4 is 0 Å². The number of pyridine rings is 1. The van der Waals surface area contributed by atoms with E-state index in [0.29, 0.717) is 5.41 Å². The molecule has 0 aliphatic carbocycles. The van der Waals surface area contributed by atoms with Crippen LogP contribution in [0.15, 0.2) is 30.7 Å². The maximum Gasteiger partial charge on any atom is 0.0967 e. The Hall–Kier alpha value is -1.79. The summed E-state index contributed by atoms with van der Waals surface area (Å²) in [5.41, 5.74) is 2.73. The van der Waals surface area contributed by atoms with Crippen molar-refractivity contribution in [1.29, 1.82) is 0 Å². The number of hydrogen-bond donors (Lipinski definition) is 1. The van der Waals surface area contributed by atoms with E-state index >= 15 is 0 Å². The summed E-state index contributed by atoms with van der Waals surface area (Å²) in [5, 5.41) is 12.1. The number of aromatic nitrogens is 4. The van der Waals surface area contributed by atoms with Gasteiger partial charge in [0.15, 0.2) is 0 Å². The van der Waals surface area contributed by atoms with Gasteiger partial charge in [-0.2, -0.15) is 0 Å². The lowest BCUT2D eigenvalue weighted by Gasteiger charge is -2.22.